The summed E-state index contributed by atoms with van der Waals surface area (Å²) in [6, 6.07) is 1.54. The number of alkyl halides is 3. The van der Waals surface area contributed by atoms with Gasteiger partial charge in [0.1, 0.15) is 5.82 Å². The molecule has 0 saturated carbocycles. The van der Waals surface area contributed by atoms with E-state index in [1.54, 1.807) is 12.3 Å². The van der Waals surface area contributed by atoms with E-state index < -0.39 is 18.7 Å². The first kappa shape index (κ1) is 25.2. The highest BCUT2D eigenvalue weighted by Gasteiger charge is 2.34. The van der Waals surface area contributed by atoms with Crippen LogP contribution in [0.3, 0.4) is 0 Å². The number of aromatic carboxylic acids is 1. The molecule has 1 saturated heterocycles. The predicted octanol–water partition coefficient (Wildman–Crippen LogP) is 4.71. The number of hydrogen-bond acceptors (Lipinski definition) is 4. The van der Waals surface area contributed by atoms with E-state index >= 15 is 0 Å². The fraction of sp³-hybridized carbons (Fsp3) is 0.520. The van der Waals surface area contributed by atoms with Crippen molar-refractivity contribution >= 4 is 11.5 Å². The molecule has 190 valence electrons. The minimum atomic E-state index is -4.22. The Kier molecular flexibility index (Phi) is 6.72. The van der Waals surface area contributed by atoms with Crippen LogP contribution >= 0.6 is 0 Å². The van der Waals surface area contributed by atoms with E-state index in [-0.39, 0.29) is 17.5 Å². The highest BCUT2D eigenvalue weighted by Crippen LogP contribution is 2.38. The van der Waals surface area contributed by atoms with Crippen LogP contribution in [0, 0.1) is 6.92 Å². The number of nitrogens with zero attached hydrogens (tertiary/aromatic N) is 5. The Bertz CT molecular complexity index is 1240. The van der Waals surface area contributed by atoms with Crippen molar-refractivity contribution < 1.29 is 23.1 Å². The van der Waals surface area contributed by atoms with Crippen LogP contribution in [-0.2, 0) is 7.05 Å². The molecule has 1 N–H and O–H groups in total. The summed E-state index contributed by atoms with van der Waals surface area (Å²) in [6.45, 7) is 8.62. The van der Waals surface area contributed by atoms with Crippen LogP contribution in [0.5, 0.6) is 0 Å². The standard InChI is InChI=1S/C25H32F3N5O2/c1-15(2)21-19(23-29-6-7-30(23)5)13-33-20(21)12-18(24(34)35)16(3)22(33)17(4)32-10-8-31(9-11-32)14-25(26,27)28/h6-7,12-13,15,17H,8-11,14H2,1-5H3,(H,34,35). The predicted molar refractivity (Wildman–Crippen MR) is 128 cm³/mol. The maximum absolute atomic E-state index is 12.8. The average Bonchev–Trinajstić information content (AvgIpc) is 3.34. The maximum atomic E-state index is 12.8. The molecule has 0 radical (unpaired) electrons. The van der Waals surface area contributed by atoms with Crippen molar-refractivity contribution in [3.8, 4) is 11.4 Å². The molecule has 0 spiro atoms. The van der Waals surface area contributed by atoms with Gasteiger partial charge in [-0.2, -0.15) is 13.2 Å². The van der Waals surface area contributed by atoms with Gasteiger partial charge in [-0.1, -0.05) is 13.8 Å². The lowest BCUT2D eigenvalue weighted by Gasteiger charge is -2.39. The lowest BCUT2D eigenvalue weighted by Crippen LogP contribution is -2.49. The summed E-state index contributed by atoms with van der Waals surface area (Å²) in [5.41, 5.74) is 4.52. The minimum absolute atomic E-state index is 0.116. The number of aryl methyl sites for hydroxylation is 1. The van der Waals surface area contributed by atoms with Gasteiger partial charge < -0.3 is 14.1 Å². The third-order valence-electron chi connectivity index (χ3n) is 7.04. The van der Waals surface area contributed by atoms with E-state index in [1.165, 1.54) is 4.90 Å². The fourth-order valence-corrected chi connectivity index (χ4v) is 5.33. The largest absolute Gasteiger partial charge is 0.478 e. The zero-order valence-corrected chi connectivity index (χ0v) is 20.7. The molecule has 1 aliphatic heterocycles. The van der Waals surface area contributed by atoms with Gasteiger partial charge in [0.2, 0.25) is 0 Å². The Balaban J connectivity index is 1.82. The van der Waals surface area contributed by atoms with Gasteiger partial charge in [-0.25, -0.2) is 9.78 Å². The maximum Gasteiger partial charge on any atom is 0.401 e. The molecule has 0 aromatic carbocycles. The molecule has 4 rings (SSSR count). The monoisotopic (exact) mass is 491 g/mol. The summed E-state index contributed by atoms with van der Waals surface area (Å²) >= 11 is 0. The van der Waals surface area contributed by atoms with E-state index in [2.05, 4.69) is 28.1 Å². The highest BCUT2D eigenvalue weighted by atomic mass is 19.4. The van der Waals surface area contributed by atoms with Crippen molar-refractivity contribution in [2.75, 3.05) is 32.7 Å². The summed E-state index contributed by atoms with van der Waals surface area (Å²) in [4.78, 5) is 20.3. The van der Waals surface area contributed by atoms with Crippen LogP contribution in [0.4, 0.5) is 13.2 Å². The number of halogens is 3. The number of pyridine rings is 1. The summed E-state index contributed by atoms with van der Waals surface area (Å²) in [5.74, 6) is -0.0840. The van der Waals surface area contributed by atoms with E-state index in [0.29, 0.717) is 31.7 Å². The molecule has 1 aliphatic rings. The lowest BCUT2D eigenvalue weighted by atomic mass is 9.96. The molecule has 4 heterocycles. The van der Waals surface area contributed by atoms with Gasteiger partial charge in [-0.15, -0.1) is 0 Å². The molecule has 0 amide bonds. The molecule has 3 aromatic heterocycles. The van der Waals surface area contributed by atoms with Gasteiger partial charge >= 0.3 is 12.1 Å². The Morgan fingerprint density at radius 1 is 1.17 bits per heavy atom. The summed E-state index contributed by atoms with van der Waals surface area (Å²) in [5, 5.41) is 10.00. The van der Waals surface area contributed by atoms with Gasteiger partial charge in [0.05, 0.1) is 17.6 Å². The first-order chi connectivity index (χ1) is 16.4. The fourth-order valence-electron chi connectivity index (χ4n) is 5.33. The van der Waals surface area contributed by atoms with Crippen molar-refractivity contribution in [1.82, 2.24) is 23.8 Å². The second-order valence-corrected chi connectivity index (χ2v) is 9.70. The van der Waals surface area contributed by atoms with Crippen LogP contribution in [0.1, 0.15) is 59.9 Å². The highest BCUT2D eigenvalue weighted by molar-refractivity contribution is 5.92. The lowest BCUT2D eigenvalue weighted by molar-refractivity contribution is -0.149. The molecule has 1 fully saturated rings. The van der Waals surface area contributed by atoms with Crippen LogP contribution in [-0.4, -0.2) is 73.7 Å². The number of hydrogen-bond donors (Lipinski definition) is 1. The number of carboxylic acids is 1. The molecule has 10 heteroatoms. The number of rotatable bonds is 6. The zero-order chi connectivity index (χ0) is 25.7. The van der Waals surface area contributed by atoms with Crippen molar-refractivity contribution in [1.29, 1.82) is 0 Å². The molecule has 0 aliphatic carbocycles. The number of aromatic nitrogens is 3. The summed E-state index contributed by atoms with van der Waals surface area (Å²) < 4.78 is 42.5. The van der Waals surface area contributed by atoms with Gasteiger partial charge in [-0.3, -0.25) is 9.80 Å². The molecular formula is C25H32F3N5O2. The summed E-state index contributed by atoms with van der Waals surface area (Å²) in [7, 11) is 1.92. The smallest absolute Gasteiger partial charge is 0.401 e. The van der Waals surface area contributed by atoms with Crippen LogP contribution in [0.15, 0.2) is 24.7 Å². The molecule has 1 atom stereocenters. The molecule has 3 aromatic rings. The van der Waals surface area contributed by atoms with E-state index in [1.807, 2.05) is 37.9 Å². The van der Waals surface area contributed by atoms with Crippen molar-refractivity contribution in [2.45, 2.75) is 45.8 Å². The Morgan fingerprint density at radius 3 is 2.34 bits per heavy atom. The number of carbonyl (C=O) groups is 1. The Labute approximate surface area is 202 Å². The number of piperazine rings is 1. The second kappa shape index (κ2) is 9.31. The molecule has 35 heavy (non-hydrogen) atoms. The van der Waals surface area contributed by atoms with Gasteiger partial charge in [0.15, 0.2) is 0 Å². The topological polar surface area (TPSA) is 66.0 Å². The normalized spacial score (nSPS) is 16.9. The van der Waals surface area contributed by atoms with Crippen molar-refractivity contribution in [3.05, 3.63) is 47.0 Å². The van der Waals surface area contributed by atoms with E-state index in [4.69, 9.17) is 0 Å². The number of carboxylic acid groups (broad SMARTS) is 1. The van der Waals surface area contributed by atoms with Gasteiger partial charge in [0.25, 0.3) is 0 Å². The minimum Gasteiger partial charge on any atom is -0.478 e. The van der Waals surface area contributed by atoms with Crippen LogP contribution < -0.4 is 0 Å². The van der Waals surface area contributed by atoms with Crippen molar-refractivity contribution in [2.24, 2.45) is 7.05 Å². The van der Waals surface area contributed by atoms with E-state index in [0.717, 1.165) is 28.2 Å². The SMILES string of the molecule is Cc1c(C(=O)O)cc2c(C(C)C)c(-c3nccn3C)cn2c1C(C)N1CCN(CC(F)(F)F)CC1. The van der Waals surface area contributed by atoms with Gasteiger partial charge in [0, 0.05) is 69.1 Å². The quantitative estimate of drug-likeness (QED) is 0.541. The van der Waals surface area contributed by atoms with Gasteiger partial charge in [-0.05, 0) is 37.0 Å². The molecule has 7 nitrogen and oxygen atoms in total. The average molecular weight is 492 g/mol. The number of imidazole rings is 1. The van der Waals surface area contributed by atoms with Crippen LogP contribution in [0.25, 0.3) is 16.9 Å². The number of fused-ring (bicyclic) bond motifs is 1. The third kappa shape index (κ3) is 4.81. The third-order valence-corrected chi connectivity index (χ3v) is 7.04. The van der Waals surface area contributed by atoms with E-state index in [9.17, 15) is 23.1 Å². The van der Waals surface area contributed by atoms with Crippen LogP contribution in [0.2, 0.25) is 0 Å². The Hall–Kier alpha value is -2.85. The molecule has 1 unspecified atom stereocenters. The Morgan fingerprint density at radius 2 is 1.83 bits per heavy atom. The molecular weight excluding hydrogens is 459 g/mol. The first-order valence-corrected chi connectivity index (χ1v) is 11.8. The first-order valence-electron chi connectivity index (χ1n) is 11.8. The summed E-state index contributed by atoms with van der Waals surface area (Å²) in [6.07, 6.45) is 1.42. The molecule has 0 bridgehead atoms. The second-order valence-electron chi connectivity index (χ2n) is 9.70. The van der Waals surface area contributed by atoms with Crippen molar-refractivity contribution in [3.63, 3.8) is 0 Å². The zero-order valence-electron chi connectivity index (χ0n) is 20.7.